The molecule has 0 atom stereocenters. The summed E-state index contributed by atoms with van der Waals surface area (Å²) in [5.41, 5.74) is 21.5. The average molecular weight is 805 g/mol. The molecule has 0 aliphatic heterocycles. The van der Waals surface area contributed by atoms with Gasteiger partial charge in [0.05, 0.1) is 0 Å². The van der Waals surface area contributed by atoms with Gasteiger partial charge in [0.25, 0.3) is 0 Å². The zero-order valence-corrected chi connectivity index (χ0v) is 35.1. The Bertz CT molecular complexity index is 3410. The lowest BCUT2D eigenvalue weighted by molar-refractivity contribution is 0.671. The van der Waals surface area contributed by atoms with Crippen LogP contribution in [-0.2, 0) is 6.42 Å². The molecule has 0 radical (unpaired) electrons. The molecule has 0 bridgehead atoms. The zero-order valence-electron chi connectivity index (χ0n) is 35.1. The van der Waals surface area contributed by atoms with E-state index in [2.05, 4.69) is 244 Å². The highest BCUT2D eigenvalue weighted by molar-refractivity contribution is 6.16. The maximum absolute atomic E-state index is 7.32. The van der Waals surface area contributed by atoms with Crippen molar-refractivity contribution < 1.29 is 4.42 Å². The molecule has 0 amide bonds. The van der Waals surface area contributed by atoms with Crippen molar-refractivity contribution >= 4 is 21.9 Å². The molecule has 0 aliphatic carbocycles. The lowest BCUT2D eigenvalue weighted by atomic mass is 9.91. The molecule has 0 fully saturated rings. The van der Waals surface area contributed by atoms with Crippen molar-refractivity contribution in [3.8, 4) is 89.0 Å². The number of fused-ring (bicyclic) bond motifs is 3. The van der Waals surface area contributed by atoms with Crippen LogP contribution in [0.5, 0.6) is 0 Å². The summed E-state index contributed by atoms with van der Waals surface area (Å²) in [7, 11) is 0. The molecule has 11 aromatic rings. The minimum atomic E-state index is 0.876. The number of hydrogen-bond donors (Lipinski definition) is 0. The number of hydrogen-bond acceptors (Lipinski definition) is 1. The summed E-state index contributed by atoms with van der Waals surface area (Å²) in [4.78, 5) is 0. The van der Waals surface area contributed by atoms with Crippen LogP contribution < -0.4 is 0 Å². The Kier molecular flexibility index (Phi) is 9.92. The summed E-state index contributed by atoms with van der Waals surface area (Å²) in [6, 6.07) is 85.8. The fraction of sp³-hybridized carbons (Fsp3) is 0.0323. The third kappa shape index (κ3) is 7.45. The van der Waals surface area contributed by atoms with Gasteiger partial charge in [0.2, 0.25) is 0 Å². The van der Waals surface area contributed by atoms with Gasteiger partial charge in [-0.05, 0) is 138 Å². The first-order valence-electron chi connectivity index (χ1n) is 21.9. The molecule has 1 nitrogen and oxygen atoms in total. The van der Waals surface area contributed by atoms with Gasteiger partial charge in [-0.1, -0.05) is 195 Å². The fourth-order valence-corrected chi connectivity index (χ4v) is 9.09. The second-order valence-corrected chi connectivity index (χ2v) is 16.4. The summed E-state index contributed by atoms with van der Waals surface area (Å²) in [6.07, 6.45) is 0.992. The maximum Gasteiger partial charge on any atom is 0.143 e. The van der Waals surface area contributed by atoms with Crippen LogP contribution in [-0.4, -0.2) is 0 Å². The van der Waals surface area contributed by atoms with Crippen molar-refractivity contribution in [2.45, 2.75) is 13.3 Å². The monoisotopic (exact) mass is 804 g/mol. The van der Waals surface area contributed by atoms with E-state index < -0.39 is 0 Å². The quantitative estimate of drug-likeness (QED) is 0.142. The molecule has 0 N–H and O–H groups in total. The highest BCUT2D eigenvalue weighted by Crippen LogP contribution is 2.46. The van der Waals surface area contributed by atoms with Crippen molar-refractivity contribution in [1.82, 2.24) is 0 Å². The van der Waals surface area contributed by atoms with Crippen LogP contribution >= 0.6 is 0 Å². The first-order valence-corrected chi connectivity index (χ1v) is 21.9. The van der Waals surface area contributed by atoms with Crippen LogP contribution in [0.3, 0.4) is 0 Å². The van der Waals surface area contributed by atoms with E-state index in [9.17, 15) is 0 Å². The number of aryl methyl sites for hydroxylation is 1. The number of furan rings is 1. The molecule has 0 aliphatic rings. The van der Waals surface area contributed by atoms with Crippen molar-refractivity contribution in [3.05, 3.63) is 242 Å². The molecule has 11 rings (SSSR count). The van der Waals surface area contributed by atoms with Gasteiger partial charge in [-0.2, -0.15) is 0 Å². The third-order valence-electron chi connectivity index (χ3n) is 12.4. The van der Waals surface area contributed by atoms with Gasteiger partial charge < -0.3 is 4.42 Å². The molecule has 1 heterocycles. The van der Waals surface area contributed by atoms with Crippen molar-refractivity contribution in [1.29, 1.82) is 0 Å². The molecule has 1 aromatic heterocycles. The van der Waals surface area contributed by atoms with Crippen LogP contribution in [0.4, 0.5) is 0 Å². The molecule has 0 spiro atoms. The van der Waals surface area contributed by atoms with Gasteiger partial charge in [-0.25, -0.2) is 0 Å². The lowest BCUT2D eigenvalue weighted by Crippen LogP contribution is -1.87. The molecule has 1 heteroatoms. The Labute approximate surface area is 369 Å². The van der Waals surface area contributed by atoms with Crippen molar-refractivity contribution in [3.63, 3.8) is 0 Å². The van der Waals surface area contributed by atoms with Gasteiger partial charge in [0.1, 0.15) is 11.2 Å². The minimum absolute atomic E-state index is 0.876. The first kappa shape index (κ1) is 38.0. The molecule has 0 unspecified atom stereocenters. The van der Waals surface area contributed by atoms with E-state index in [0.29, 0.717) is 0 Å². The predicted molar refractivity (Wildman–Crippen MR) is 267 cm³/mol. The van der Waals surface area contributed by atoms with Crippen LogP contribution in [0.15, 0.2) is 241 Å². The topological polar surface area (TPSA) is 13.1 Å². The Morgan fingerprint density at radius 3 is 0.952 bits per heavy atom. The molecular weight excluding hydrogens is 761 g/mol. The number of benzene rings is 10. The first-order chi connectivity index (χ1) is 31.1. The van der Waals surface area contributed by atoms with E-state index >= 15 is 0 Å². The van der Waals surface area contributed by atoms with E-state index in [-0.39, 0.29) is 0 Å². The molecular formula is C62H44O. The van der Waals surface area contributed by atoms with Gasteiger partial charge in [0.15, 0.2) is 0 Å². The Morgan fingerprint density at radius 1 is 0.254 bits per heavy atom. The SMILES string of the molecule is CCc1cccc(-c2cccc(-c3cc(-c4cccc(-c5ccccc5)c4)cc4c3oc3c(-c5cccc(-c6ccccc6)c5)cc(-c5cccc(-c6ccccc6)c5)cc34)c2)c1. The number of rotatable bonds is 9. The molecule has 0 saturated carbocycles. The van der Waals surface area contributed by atoms with Gasteiger partial charge in [-0.3, -0.25) is 0 Å². The van der Waals surface area contributed by atoms with E-state index in [1.807, 2.05) is 0 Å². The minimum Gasteiger partial charge on any atom is -0.455 e. The average Bonchev–Trinajstić information content (AvgIpc) is 3.75. The van der Waals surface area contributed by atoms with Crippen LogP contribution in [0.1, 0.15) is 12.5 Å². The van der Waals surface area contributed by atoms with Gasteiger partial charge in [-0.15, -0.1) is 0 Å². The van der Waals surface area contributed by atoms with Crippen LogP contribution in [0.25, 0.3) is 111 Å². The third-order valence-corrected chi connectivity index (χ3v) is 12.4. The van der Waals surface area contributed by atoms with Crippen molar-refractivity contribution in [2.75, 3.05) is 0 Å². The largest absolute Gasteiger partial charge is 0.455 e. The lowest BCUT2D eigenvalue weighted by Gasteiger charge is -2.12. The molecule has 0 saturated heterocycles. The molecule has 298 valence electrons. The second kappa shape index (κ2) is 16.5. The maximum atomic E-state index is 7.32. The van der Waals surface area contributed by atoms with Gasteiger partial charge in [0, 0.05) is 21.9 Å². The summed E-state index contributed by atoms with van der Waals surface area (Å²) in [5, 5.41) is 2.17. The van der Waals surface area contributed by atoms with Crippen LogP contribution in [0, 0.1) is 0 Å². The van der Waals surface area contributed by atoms with E-state index in [4.69, 9.17) is 4.42 Å². The Balaban J connectivity index is 1.18. The predicted octanol–water partition coefficient (Wildman–Crippen LogP) is 17.5. The Hall–Kier alpha value is -8.00. The van der Waals surface area contributed by atoms with E-state index in [0.717, 1.165) is 72.9 Å². The van der Waals surface area contributed by atoms with Crippen LogP contribution in [0.2, 0.25) is 0 Å². The normalized spacial score (nSPS) is 11.3. The van der Waals surface area contributed by atoms with E-state index in [1.165, 1.54) is 50.1 Å². The Morgan fingerprint density at radius 2 is 0.556 bits per heavy atom. The summed E-state index contributed by atoms with van der Waals surface area (Å²) in [6.45, 7) is 2.21. The summed E-state index contributed by atoms with van der Waals surface area (Å²) >= 11 is 0. The van der Waals surface area contributed by atoms with Gasteiger partial charge >= 0.3 is 0 Å². The highest BCUT2D eigenvalue weighted by Gasteiger charge is 2.21. The fourth-order valence-electron chi connectivity index (χ4n) is 9.09. The highest BCUT2D eigenvalue weighted by atomic mass is 16.3. The summed E-state index contributed by atoms with van der Waals surface area (Å²) < 4.78 is 7.32. The second-order valence-electron chi connectivity index (χ2n) is 16.4. The summed E-state index contributed by atoms with van der Waals surface area (Å²) in [5.74, 6) is 0. The standard InChI is InChI=1S/C62H44O/c1-2-42-17-12-24-46(33-42)50-28-16-32-54(37-50)58-39-56(52-30-14-26-48(35-52)44-20-8-4-9-21-44)41-60-59-40-55(51-29-13-25-47(34-51)43-18-6-3-7-19-43)38-57(61(59)63-62(58)60)53-31-15-27-49(36-53)45-22-10-5-11-23-45/h3-41H,2H2,1H3. The molecule has 63 heavy (non-hydrogen) atoms. The zero-order chi connectivity index (χ0) is 42.1. The van der Waals surface area contributed by atoms with Crippen molar-refractivity contribution in [2.24, 2.45) is 0 Å². The molecule has 10 aromatic carbocycles. The van der Waals surface area contributed by atoms with E-state index in [1.54, 1.807) is 0 Å². The smallest absolute Gasteiger partial charge is 0.143 e.